The molecule has 4 heterocycles. The standard InChI is InChI=1S/C20H26F3NO4.C20H30N2O5.C17H26N2O5.C12H24N2O3.C11H16N2O2.C7H3F3O2.C6H10O3.C2H6/c1-11(6-16(25)12-7-14(22)15(23)8-13(12)21)9-24-18(26)17-19(2,3)10-27-20(4,5)28-17;1-14(22-18(24)25-12-15-9-7-6-8-10-15)11-21-17(23)16-19(2,3)13-26-20(4,5)27-16;1-12(9-18-15(22)14(21)17(2,3)11-20)19-16(23)24-10-13-7-5-4-6-8-13;1-8(13)6-14-10(15)9-11(2,3)7-16-12(4,5)17-9;1-9(7-12)13-11(14)15-8-10-5-3-2-4-6-10;8-4-2-6(10)5(9)1-3(4)7(11)12;1-6(2)3-9-5(8)4(6)7;1-2/h7-8,11,17H,6,9-10H2,1-5H3,(H,24,26);6-10,14,16H,11-13H2,1-5H3,(H,21,23)(H,22,24);4-8,12,14,20-21H,9-11H2,1-3H3,(H,18,22)(H,19,23);8-9H,6-7,13H2,1-5H3,(H,14,15);2-6,9H,7-8,12H2,1H3,(H,13,14);1-2H,(H,11,12);4,7H,3H2,1-2H3;1-2H3/t11-,17-;14-,16+;12-,14+;8-,9+;9-;;4-;/m10000.1./s1. The quantitative estimate of drug-likeness (QED) is 0.00727. The third-order valence-electron chi connectivity index (χ3n) is 19.9. The lowest BCUT2D eigenvalue weighted by Crippen LogP contribution is -2.57. The van der Waals surface area contributed by atoms with E-state index >= 15 is 0 Å². The molecule has 39 heteroatoms. The van der Waals surface area contributed by atoms with Crippen LogP contribution in [0.4, 0.5) is 40.7 Å². The second kappa shape index (κ2) is 55.5. The number of nitrogens with one attached hydrogen (secondary N) is 7. The van der Waals surface area contributed by atoms with Crippen molar-refractivity contribution in [2.45, 2.75) is 258 Å². The van der Waals surface area contributed by atoms with Gasteiger partial charge in [-0.1, -0.05) is 181 Å². The largest absolute Gasteiger partial charge is 0.478 e. The number of carbonyl (C=O) groups is 10. The molecule has 0 saturated carbocycles. The fourth-order valence-electron chi connectivity index (χ4n) is 11.5. The van der Waals surface area contributed by atoms with Gasteiger partial charge in [-0.25, -0.2) is 50.3 Å². The van der Waals surface area contributed by atoms with Gasteiger partial charge >= 0.3 is 30.2 Å². The molecule has 10 atom stereocenters. The van der Waals surface area contributed by atoms with Gasteiger partial charge in [0.15, 0.2) is 52.5 Å². The zero-order valence-electron chi connectivity index (χ0n) is 81.0. The molecule has 4 fully saturated rings. The molecular formula is C95H141F6N9O24. The molecule has 0 unspecified atom stereocenters. The number of carboxylic acids is 1. The van der Waals surface area contributed by atoms with Crippen molar-refractivity contribution in [3.8, 4) is 0 Å². The Morgan fingerprint density at radius 2 is 0.791 bits per heavy atom. The number of Topliss-reactive ketones (excluding diaryl/α,β-unsaturated/α-hetero) is 1. The van der Waals surface area contributed by atoms with Gasteiger partial charge in [-0.15, -0.1) is 0 Å². The van der Waals surface area contributed by atoms with Gasteiger partial charge in [0.25, 0.3) is 0 Å². The Morgan fingerprint density at radius 3 is 1.10 bits per heavy atom. The van der Waals surface area contributed by atoms with Crippen LogP contribution in [0.5, 0.6) is 0 Å². The molecule has 5 aromatic carbocycles. The topological polar surface area (TPSA) is 480 Å². The molecule has 0 aliphatic carbocycles. The maximum atomic E-state index is 13.7. The molecule has 5 aromatic rings. The van der Waals surface area contributed by atoms with E-state index in [1.807, 2.05) is 174 Å². The summed E-state index contributed by atoms with van der Waals surface area (Å²) in [5, 5.41) is 55.1. The van der Waals surface area contributed by atoms with Gasteiger partial charge in [0, 0.05) is 103 Å². The number of carboxylic acid groups (broad SMARTS) is 1. The number of ketones is 1. The first-order valence-corrected chi connectivity index (χ1v) is 43.7. The Balaban J connectivity index is 0.000000541. The molecule has 9 rings (SSSR count). The number of ether oxygens (including phenoxy) is 10. The number of carbonyl (C=O) groups excluding carboxylic acids is 9. The number of rotatable bonds is 28. The highest BCUT2D eigenvalue weighted by molar-refractivity contribution is 5.96. The molecule has 134 heavy (non-hydrogen) atoms. The van der Waals surface area contributed by atoms with Crippen molar-refractivity contribution in [3.05, 3.63) is 178 Å². The highest BCUT2D eigenvalue weighted by Gasteiger charge is 2.49. The van der Waals surface area contributed by atoms with Gasteiger partial charge in [0.05, 0.1) is 44.2 Å². The molecule has 4 saturated heterocycles. The normalized spacial score (nSPS) is 19.4. The highest BCUT2D eigenvalue weighted by Crippen LogP contribution is 2.38. The van der Waals surface area contributed by atoms with Crippen LogP contribution >= 0.6 is 0 Å². The van der Waals surface area contributed by atoms with E-state index in [1.165, 1.54) is 0 Å². The van der Waals surface area contributed by atoms with Crippen LogP contribution in [-0.4, -0.2) is 218 Å². The van der Waals surface area contributed by atoms with Crippen molar-refractivity contribution in [3.63, 3.8) is 0 Å². The molecule has 0 bridgehead atoms. The maximum absolute atomic E-state index is 13.7. The Bertz CT molecular complexity index is 4540. The van der Waals surface area contributed by atoms with E-state index in [0.717, 1.165) is 16.7 Å². The van der Waals surface area contributed by atoms with E-state index in [-0.39, 0.29) is 112 Å². The van der Waals surface area contributed by atoms with E-state index in [9.17, 15) is 79.4 Å². The number of nitrogens with two attached hydrogens (primary N) is 2. The van der Waals surface area contributed by atoms with Crippen molar-refractivity contribution in [2.24, 2.45) is 44.5 Å². The molecule has 0 aromatic heterocycles. The zero-order chi connectivity index (χ0) is 102. The van der Waals surface area contributed by atoms with Crippen LogP contribution in [0.25, 0.3) is 0 Å². The Labute approximate surface area is 781 Å². The summed E-state index contributed by atoms with van der Waals surface area (Å²) >= 11 is 0. The van der Waals surface area contributed by atoms with E-state index in [0.29, 0.717) is 57.7 Å². The fourth-order valence-corrected chi connectivity index (χ4v) is 11.5. The molecule has 752 valence electrons. The minimum Gasteiger partial charge on any atom is -0.478 e. The number of halogens is 6. The number of hydrogen-bond donors (Lipinski definition) is 13. The number of alkyl carbamates (subject to hydrolysis) is 3. The van der Waals surface area contributed by atoms with E-state index in [1.54, 1.807) is 76.2 Å². The van der Waals surface area contributed by atoms with E-state index in [4.69, 9.17) is 69.4 Å². The second-order valence-corrected chi connectivity index (χ2v) is 37.1. The van der Waals surface area contributed by atoms with Crippen LogP contribution in [0.3, 0.4) is 0 Å². The lowest BCUT2D eigenvalue weighted by molar-refractivity contribution is -0.304. The van der Waals surface area contributed by atoms with E-state index < -0.39 is 157 Å². The first-order valence-electron chi connectivity index (χ1n) is 43.7. The van der Waals surface area contributed by atoms with Gasteiger partial charge in [-0.3, -0.25) is 24.0 Å². The van der Waals surface area contributed by atoms with Crippen molar-refractivity contribution in [1.82, 2.24) is 37.2 Å². The third kappa shape index (κ3) is 43.5. The molecule has 0 spiro atoms. The first kappa shape index (κ1) is 120. The number of aliphatic hydroxyl groups is 3. The summed E-state index contributed by atoms with van der Waals surface area (Å²) in [6, 6.07) is 28.9. The fraction of sp³-hybridized carbons (Fsp3) is 0.579. The number of aliphatic hydroxyl groups excluding tert-OH is 3. The smallest absolute Gasteiger partial charge is 0.407 e. The van der Waals surface area contributed by atoms with Gasteiger partial charge in [0.1, 0.15) is 55.9 Å². The number of cyclic esters (lactones) is 1. The molecular weight excluding hydrogens is 1770 g/mol. The summed E-state index contributed by atoms with van der Waals surface area (Å²) < 4.78 is 131. The molecule has 4 aliphatic heterocycles. The molecule has 33 nitrogen and oxygen atoms in total. The van der Waals surface area contributed by atoms with Gasteiger partial charge < -0.3 is 116 Å². The molecule has 4 aliphatic rings. The predicted octanol–water partition coefficient (Wildman–Crippen LogP) is 11.6. The Hall–Kier alpha value is -10.5. The summed E-state index contributed by atoms with van der Waals surface area (Å²) in [5.41, 5.74) is 9.70. The number of amides is 7. The number of aromatic carboxylic acids is 1. The minimum atomic E-state index is -1.63. The highest BCUT2D eigenvalue weighted by atomic mass is 19.2. The second-order valence-electron chi connectivity index (χ2n) is 37.1. The lowest BCUT2D eigenvalue weighted by atomic mass is 9.85. The summed E-state index contributed by atoms with van der Waals surface area (Å²) in [4.78, 5) is 117. The Morgan fingerprint density at radius 1 is 0.470 bits per heavy atom. The van der Waals surface area contributed by atoms with Crippen molar-refractivity contribution in [1.29, 1.82) is 0 Å². The Kier molecular flexibility index (Phi) is 49.6. The number of esters is 1. The van der Waals surface area contributed by atoms with Crippen LogP contribution in [-0.2, 0) is 91.2 Å². The maximum Gasteiger partial charge on any atom is 0.407 e. The average molecular weight is 1910 g/mol. The van der Waals surface area contributed by atoms with Crippen molar-refractivity contribution in [2.75, 3.05) is 65.8 Å². The predicted molar refractivity (Wildman–Crippen MR) is 485 cm³/mol. The number of hydrogen-bond acceptors (Lipinski definition) is 25. The monoisotopic (exact) mass is 1910 g/mol. The minimum absolute atomic E-state index is 0.0603. The van der Waals surface area contributed by atoms with E-state index in [2.05, 4.69) is 42.0 Å². The summed E-state index contributed by atoms with van der Waals surface area (Å²) in [7, 11) is 0. The van der Waals surface area contributed by atoms with Gasteiger partial charge in [-0.05, 0) is 104 Å². The molecule has 15 N–H and O–H groups in total. The summed E-state index contributed by atoms with van der Waals surface area (Å²) in [5.74, 6) is -14.6. The first-order chi connectivity index (χ1) is 62.1. The van der Waals surface area contributed by atoms with Gasteiger partial charge in [0.2, 0.25) is 23.6 Å². The van der Waals surface area contributed by atoms with Crippen LogP contribution in [0.2, 0.25) is 0 Å². The summed E-state index contributed by atoms with van der Waals surface area (Å²) in [6.07, 6.45) is -5.81. The van der Waals surface area contributed by atoms with Crippen molar-refractivity contribution < 1.29 is 142 Å². The van der Waals surface area contributed by atoms with Gasteiger partial charge in [-0.2, -0.15) is 0 Å². The zero-order valence-corrected chi connectivity index (χ0v) is 81.0. The lowest BCUT2D eigenvalue weighted by Gasteiger charge is -2.44. The van der Waals surface area contributed by atoms with Crippen molar-refractivity contribution >= 4 is 59.6 Å². The third-order valence-corrected chi connectivity index (χ3v) is 19.9. The SMILES string of the molecule is CC.CC1(C)COC(=O)[C@H]1O.C[C@@H](CN)NC(=O)OCc1ccccc1.C[C@@H](CNC(=O)[C@@H](O)C(C)(C)CO)NC(=O)OCc1ccccc1.C[C@@H](CNC(=O)[C@H]1OC(C)(C)OCC1(C)C)CC(=O)c1cc(F)c(F)cc1F.C[C@@H](CNC(=O)[C@H]1OC(C)(C)OCC1(C)C)NC(=O)OCc1ccccc1.C[C@H](N)CNC(=O)[C@H]1OC(C)(C)OCC1(C)C.O=C(O)c1cc(F)c(F)cc1F. The molecule has 0 radical (unpaired) electrons. The van der Waals surface area contributed by atoms with Crippen LogP contribution in [0.1, 0.15) is 203 Å². The van der Waals surface area contributed by atoms with Crippen LogP contribution in [0.15, 0.2) is 115 Å². The summed E-state index contributed by atoms with van der Waals surface area (Å²) in [6.45, 7) is 45.1. The number of benzene rings is 5. The van der Waals surface area contributed by atoms with Crippen LogP contribution in [0, 0.1) is 67.9 Å². The average Bonchev–Trinajstić information content (AvgIpc) is 0.875. The van der Waals surface area contributed by atoms with Crippen LogP contribution < -0.4 is 48.7 Å². The molecule has 7 amide bonds.